The molecule has 0 aliphatic rings. The van der Waals surface area contributed by atoms with Gasteiger partial charge in [-0.3, -0.25) is 19.6 Å². The molecular weight excluding hydrogens is 429 g/mol. The molecule has 0 bridgehead atoms. The van der Waals surface area contributed by atoms with E-state index in [1.807, 2.05) is 0 Å². The Kier molecular flexibility index (Phi) is 5.83. The molecule has 2 rings (SSSR count). The third-order valence-electron chi connectivity index (χ3n) is 2.88. The Labute approximate surface area is 152 Å². The minimum atomic E-state index is -4.66. The second-order valence-corrected chi connectivity index (χ2v) is 6.36. The highest BCUT2D eigenvalue weighted by molar-refractivity contribution is 9.10. The zero-order valence-corrected chi connectivity index (χ0v) is 15.4. The summed E-state index contributed by atoms with van der Waals surface area (Å²) in [4.78, 5) is 27.5. The van der Waals surface area contributed by atoms with Crippen LogP contribution in [0.25, 0.3) is 0 Å². The van der Waals surface area contributed by atoms with Crippen LogP contribution < -0.4 is 5.32 Å². The van der Waals surface area contributed by atoms with Gasteiger partial charge in [0, 0.05) is 12.4 Å². The summed E-state index contributed by atoms with van der Waals surface area (Å²) in [7, 11) is 1.09. The van der Waals surface area contributed by atoms with E-state index in [0.717, 1.165) is 18.4 Å². The summed E-state index contributed by atoms with van der Waals surface area (Å²) in [6.07, 6.45) is -4.72. The normalized spacial score (nSPS) is 11.4. The molecule has 0 spiro atoms. The van der Waals surface area contributed by atoms with Gasteiger partial charge in [-0.2, -0.15) is 18.3 Å². The smallest absolute Gasteiger partial charge is 0.434 e. The predicted molar refractivity (Wildman–Crippen MR) is 86.3 cm³/mol. The molecule has 2 aromatic heterocycles. The van der Waals surface area contributed by atoms with Crippen molar-refractivity contribution in [2.24, 2.45) is 7.05 Å². The van der Waals surface area contributed by atoms with E-state index in [0.29, 0.717) is 10.4 Å². The second kappa shape index (κ2) is 7.52. The first-order chi connectivity index (χ1) is 11.6. The van der Waals surface area contributed by atoms with E-state index < -0.39 is 33.9 Å². The van der Waals surface area contributed by atoms with Crippen LogP contribution in [0.3, 0.4) is 0 Å². The number of carbonyl (C=O) groups is 2. The van der Waals surface area contributed by atoms with Gasteiger partial charge in [0.1, 0.15) is 0 Å². The molecular formula is C13H12BrF3N4O3S. The second-order valence-electron chi connectivity index (χ2n) is 4.71. The zero-order chi connectivity index (χ0) is 18.8. The van der Waals surface area contributed by atoms with E-state index in [2.05, 4.69) is 31.3 Å². The number of anilines is 1. The zero-order valence-electron chi connectivity index (χ0n) is 13.0. The van der Waals surface area contributed by atoms with Crippen molar-refractivity contribution in [2.75, 3.05) is 11.9 Å². The number of aromatic nitrogens is 3. The highest BCUT2D eigenvalue weighted by Gasteiger charge is 2.39. The molecule has 1 amide bonds. The summed E-state index contributed by atoms with van der Waals surface area (Å²) in [6.45, 7) is 1.91. The van der Waals surface area contributed by atoms with Crippen molar-refractivity contribution in [1.82, 2.24) is 14.8 Å². The van der Waals surface area contributed by atoms with E-state index in [-0.39, 0.29) is 18.2 Å². The third-order valence-corrected chi connectivity index (χ3v) is 4.43. The van der Waals surface area contributed by atoms with Crippen LogP contribution in [0.15, 0.2) is 9.85 Å². The van der Waals surface area contributed by atoms with Crippen LogP contribution in [0.1, 0.15) is 28.8 Å². The van der Waals surface area contributed by atoms with E-state index in [4.69, 9.17) is 4.74 Å². The number of carbonyl (C=O) groups excluding carboxylic acids is 2. The third kappa shape index (κ3) is 4.57. The van der Waals surface area contributed by atoms with Crippen molar-refractivity contribution in [3.63, 3.8) is 0 Å². The molecule has 136 valence electrons. The Morgan fingerprint density at radius 1 is 1.44 bits per heavy atom. The Morgan fingerprint density at radius 2 is 2.12 bits per heavy atom. The number of amides is 1. The summed E-state index contributed by atoms with van der Waals surface area (Å²) in [5.74, 6) is -1.32. The van der Waals surface area contributed by atoms with Crippen LogP contribution in [-0.2, 0) is 29.2 Å². The monoisotopic (exact) mass is 440 g/mol. The first kappa shape index (κ1) is 19.4. The number of aryl methyl sites for hydroxylation is 1. The molecule has 2 aromatic rings. The van der Waals surface area contributed by atoms with Crippen molar-refractivity contribution in [2.45, 2.75) is 19.5 Å². The number of esters is 1. The Morgan fingerprint density at radius 3 is 2.68 bits per heavy atom. The number of halogens is 4. The average molecular weight is 441 g/mol. The first-order valence-electron chi connectivity index (χ1n) is 6.84. The van der Waals surface area contributed by atoms with Crippen LogP contribution in [0.5, 0.6) is 0 Å². The largest absolute Gasteiger partial charge is 0.466 e. The van der Waals surface area contributed by atoms with Crippen LogP contribution in [0.4, 0.5) is 18.3 Å². The Bertz CT molecular complexity index is 803. The van der Waals surface area contributed by atoms with Gasteiger partial charge >= 0.3 is 12.1 Å². The molecule has 7 nitrogen and oxygen atoms in total. The molecule has 12 heteroatoms. The van der Waals surface area contributed by atoms with E-state index in [1.165, 1.54) is 0 Å². The number of thiazole rings is 1. The van der Waals surface area contributed by atoms with E-state index >= 15 is 0 Å². The lowest BCUT2D eigenvalue weighted by molar-refractivity contribution is -0.144. The predicted octanol–water partition coefficient (Wildman–Crippen LogP) is 3.02. The molecule has 0 aliphatic heterocycles. The summed E-state index contributed by atoms with van der Waals surface area (Å²) in [5, 5.41) is 7.63. The van der Waals surface area contributed by atoms with Gasteiger partial charge in [-0.15, -0.1) is 11.3 Å². The quantitative estimate of drug-likeness (QED) is 0.722. The fourth-order valence-corrected chi connectivity index (χ4v) is 3.36. The van der Waals surface area contributed by atoms with Gasteiger partial charge in [-0.25, -0.2) is 4.98 Å². The molecule has 0 saturated heterocycles. The number of nitrogens with one attached hydrogen (secondary N) is 1. The maximum atomic E-state index is 12.9. The number of hydrogen-bond acceptors (Lipinski definition) is 6. The van der Waals surface area contributed by atoms with Gasteiger partial charge < -0.3 is 4.74 Å². The minimum absolute atomic E-state index is 0.0638. The van der Waals surface area contributed by atoms with E-state index in [1.54, 1.807) is 12.3 Å². The standard InChI is InChI=1S/C13H12BrF3N4O3S/c1-3-24-7(22)4-6-5-25-12(18-6)19-11(23)9-8(14)10(13(15,16)17)21(2)20-9/h5H,3-4H2,1-2H3,(H,18,19,23). The molecule has 1 N–H and O–H groups in total. The first-order valence-corrected chi connectivity index (χ1v) is 8.51. The lowest BCUT2D eigenvalue weighted by Crippen LogP contribution is -2.14. The number of rotatable bonds is 5. The van der Waals surface area contributed by atoms with Crippen molar-refractivity contribution in [3.8, 4) is 0 Å². The highest BCUT2D eigenvalue weighted by atomic mass is 79.9. The van der Waals surface area contributed by atoms with Gasteiger partial charge in [-0.1, -0.05) is 0 Å². The SMILES string of the molecule is CCOC(=O)Cc1csc(NC(=O)c2nn(C)c(C(F)(F)F)c2Br)n1. The minimum Gasteiger partial charge on any atom is -0.466 e. The number of nitrogens with zero attached hydrogens (tertiary/aromatic N) is 3. The van der Waals surface area contributed by atoms with E-state index in [9.17, 15) is 22.8 Å². The molecule has 0 radical (unpaired) electrons. The lowest BCUT2D eigenvalue weighted by atomic mass is 10.3. The van der Waals surface area contributed by atoms with Crippen LogP contribution >= 0.6 is 27.3 Å². The lowest BCUT2D eigenvalue weighted by Gasteiger charge is -2.06. The molecule has 0 saturated carbocycles. The Hall–Kier alpha value is -1.95. The van der Waals surface area contributed by atoms with Crippen molar-refractivity contribution in [1.29, 1.82) is 0 Å². The fraction of sp³-hybridized carbons (Fsp3) is 0.385. The number of ether oxygens (including phenoxy) is 1. The summed E-state index contributed by atoms with van der Waals surface area (Å²) < 4.78 is 43.7. The fourth-order valence-electron chi connectivity index (χ4n) is 1.91. The van der Waals surface area contributed by atoms with Crippen LogP contribution in [-0.4, -0.2) is 33.2 Å². The van der Waals surface area contributed by atoms with Gasteiger partial charge in [-0.05, 0) is 22.9 Å². The molecule has 0 unspecified atom stereocenters. The van der Waals surface area contributed by atoms with Crippen molar-refractivity contribution >= 4 is 44.3 Å². The summed E-state index contributed by atoms with van der Waals surface area (Å²) in [5.41, 5.74) is -1.11. The van der Waals surface area contributed by atoms with Crippen LogP contribution in [0, 0.1) is 0 Å². The Balaban J connectivity index is 2.13. The molecule has 0 aliphatic carbocycles. The van der Waals surface area contributed by atoms with Gasteiger partial charge in [0.2, 0.25) is 0 Å². The van der Waals surface area contributed by atoms with Gasteiger partial charge in [0.25, 0.3) is 5.91 Å². The van der Waals surface area contributed by atoms with Crippen molar-refractivity contribution in [3.05, 3.63) is 26.9 Å². The maximum Gasteiger partial charge on any atom is 0.434 e. The average Bonchev–Trinajstić information content (AvgIpc) is 3.02. The highest BCUT2D eigenvalue weighted by Crippen LogP contribution is 2.36. The topological polar surface area (TPSA) is 86.1 Å². The van der Waals surface area contributed by atoms with Gasteiger partial charge in [0.05, 0.1) is 23.2 Å². The summed E-state index contributed by atoms with van der Waals surface area (Å²) >= 11 is 3.80. The number of hydrogen-bond donors (Lipinski definition) is 1. The molecule has 0 atom stereocenters. The molecule has 0 fully saturated rings. The molecule has 0 aromatic carbocycles. The maximum absolute atomic E-state index is 12.9. The summed E-state index contributed by atoms with van der Waals surface area (Å²) in [6, 6.07) is 0. The number of alkyl halides is 3. The molecule has 25 heavy (non-hydrogen) atoms. The van der Waals surface area contributed by atoms with Crippen molar-refractivity contribution < 1.29 is 27.5 Å². The van der Waals surface area contributed by atoms with Crippen LogP contribution in [0.2, 0.25) is 0 Å². The van der Waals surface area contributed by atoms with Gasteiger partial charge in [0.15, 0.2) is 16.5 Å². The molecule has 2 heterocycles.